The number of carbonyl (C=O) groups is 2. The molecule has 2 aromatic carbocycles. The molecule has 30 heavy (non-hydrogen) atoms. The highest BCUT2D eigenvalue weighted by Gasteiger charge is 2.04. The number of carboxylic acids is 2. The number of benzene rings is 2. The molecule has 0 bridgehead atoms. The lowest BCUT2D eigenvalue weighted by molar-refractivity contribution is -0.159. The van der Waals surface area contributed by atoms with E-state index in [1.54, 1.807) is 0 Å². The van der Waals surface area contributed by atoms with Gasteiger partial charge in [0.2, 0.25) is 0 Å². The molecule has 0 amide bonds. The average Bonchev–Trinajstić information content (AvgIpc) is 3.38. The van der Waals surface area contributed by atoms with Crippen molar-refractivity contribution in [3.05, 3.63) is 72.1 Å². The standard InChI is InChI=1S/2C10H12N2.C2H2O4/c2*1-11-7-8-2-3-10-9(6-8)4-5-12-10;3-1(4)2(5)6/h2*2-6,11-12H,7H2,1H3;(H,3,4)(H,5,6). The van der Waals surface area contributed by atoms with E-state index in [4.69, 9.17) is 19.8 Å². The van der Waals surface area contributed by atoms with Crippen LogP contribution in [0.4, 0.5) is 0 Å². The molecule has 0 saturated heterocycles. The zero-order chi connectivity index (χ0) is 21.9. The fourth-order valence-corrected chi connectivity index (χ4v) is 2.83. The number of aliphatic carboxylic acids is 2. The highest BCUT2D eigenvalue weighted by molar-refractivity contribution is 6.27. The molecule has 0 atom stereocenters. The van der Waals surface area contributed by atoms with Crippen LogP contribution in [-0.4, -0.2) is 46.2 Å². The maximum Gasteiger partial charge on any atom is 0.414 e. The Morgan fingerprint density at radius 3 is 1.47 bits per heavy atom. The highest BCUT2D eigenvalue weighted by atomic mass is 16.4. The van der Waals surface area contributed by atoms with Crippen molar-refractivity contribution in [2.45, 2.75) is 13.1 Å². The van der Waals surface area contributed by atoms with Gasteiger partial charge in [0.15, 0.2) is 0 Å². The summed E-state index contributed by atoms with van der Waals surface area (Å²) in [5.41, 5.74) is 5.05. The summed E-state index contributed by atoms with van der Waals surface area (Å²) in [5, 5.41) is 23.6. The first-order valence-corrected chi connectivity index (χ1v) is 9.32. The van der Waals surface area contributed by atoms with Crippen LogP contribution in [0.1, 0.15) is 11.1 Å². The van der Waals surface area contributed by atoms with Gasteiger partial charge >= 0.3 is 11.9 Å². The smallest absolute Gasteiger partial charge is 0.414 e. The summed E-state index contributed by atoms with van der Waals surface area (Å²) in [7, 11) is 3.92. The Morgan fingerprint density at radius 1 is 0.733 bits per heavy atom. The van der Waals surface area contributed by atoms with Crippen LogP contribution in [0.25, 0.3) is 21.8 Å². The van der Waals surface area contributed by atoms with Crippen molar-refractivity contribution in [2.24, 2.45) is 0 Å². The number of rotatable bonds is 4. The van der Waals surface area contributed by atoms with Crippen LogP contribution in [0.2, 0.25) is 0 Å². The van der Waals surface area contributed by atoms with Crippen LogP contribution in [0.3, 0.4) is 0 Å². The average molecular weight is 410 g/mol. The van der Waals surface area contributed by atoms with Gasteiger partial charge in [-0.2, -0.15) is 0 Å². The molecular weight excluding hydrogens is 384 g/mol. The van der Waals surface area contributed by atoms with E-state index in [1.165, 1.54) is 32.9 Å². The Hall–Kier alpha value is -3.62. The summed E-state index contributed by atoms with van der Waals surface area (Å²) < 4.78 is 0. The molecule has 4 rings (SSSR count). The molecule has 158 valence electrons. The van der Waals surface area contributed by atoms with Crippen molar-refractivity contribution in [1.29, 1.82) is 0 Å². The number of aromatic amines is 2. The first kappa shape index (κ1) is 22.7. The summed E-state index contributed by atoms with van der Waals surface area (Å²) in [6, 6.07) is 17.1. The summed E-state index contributed by atoms with van der Waals surface area (Å²) >= 11 is 0. The second kappa shape index (κ2) is 11.4. The molecule has 0 radical (unpaired) electrons. The number of aromatic nitrogens is 2. The fraction of sp³-hybridized carbons (Fsp3) is 0.182. The normalized spacial score (nSPS) is 10.1. The summed E-state index contributed by atoms with van der Waals surface area (Å²) in [5.74, 6) is -3.65. The van der Waals surface area contributed by atoms with Gasteiger partial charge in [-0.15, -0.1) is 0 Å². The Balaban J connectivity index is 0.000000171. The largest absolute Gasteiger partial charge is 0.473 e. The fourth-order valence-electron chi connectivity index (χ4n) is 2.83. The number of fused-ring (bicyclic) bond motifs is 2. The predicted molar refractivity (Wildman–Crippen MR) is 117 cm³/mol. The zero-order valence-corrected chi connectivity index (χ0v) is 16.9. The lowest BCUT2D eigenvalue weighted by atomic mass is 10.1. The predicted octanol–water partition coefficient (Wildman–Crippen LogP) is 2.93. The van der Waals surface area contributed by atoms with Gasteiger partial charge in [-0.1, -0.05) is 12.1 Å². The van der Waals surface area contributed by atoms with E-state index in [1.807, 2.05) is 26.5 Å². The van der Waals surface area contributed by atoms with E-state index in [0.717, 1.165) is 13.1 Å². The minimum atomic E-state index is -1.82. The molecule has 0 aliphatic rings. The van der Waals surface area contributed by atoms with E-state index < -0.39 is 11.9 Å². The topological polar surface area (TPSA) is 130 Å². The minimum Gasteiger partial charge on any atom is -0.473 e. The maximum atomic E-state index is 9.10. The van der Waals surface area contributed by atoms with Gasteiger partial charge in [-0.05, 0) is 72.4 Å². The summed E-state index contributed by atoms with van der Waals surface area (Å²) in [6.07, 6.45) is 3.93. The zero-order valence-electron chi connectivity index (χ0n) is 16.9. The number of hydrogen-bond acceptors (Lipinski definition) is 4. The second-order valence-electron chi connectivity index (χ2n) is 6.47. The summed E-state index contributed by atoms with van der Waals surface area (Å²) in [6.45, 7) is 1.86. The van der Waals surface area contributed by atoms with Crippen LogP contribution in [0, 0.1) is 0 Å². The molecule has 8 nitrogen and oxygen atoms in total. The van der Waals surface area contributed by atoms with Crippen LogP contribution in [-0.2, 0) is 22.7 Å². The van der Waals surface area contributed by atoms with Gasteiger partial charge in [0.25, 0.3) is 0 Å². The van der Waals surface area contributed by atoms with Crippen LogP contribution in [0.15, 0.2) is 60.9 Å². The van der Waals surface area contributed by atoms with Gasteiger partial charge in [0.1, 0.15) is 0 Å². The lowest BCUT2D eigenvalue weighted by Gasteiger charge is -1.98. The van der Waals surface area contributed by atoms with Crippen LogP contribution >= 0.6 is 0 Å². The summed E-state index contributed by atoms with van der Waals surface area (Å²) in [4.78, 5) is 24.5. The minimum absolute atomic E-state index is 0.932. The van der Waals surface area contributed by atoms with Crippen LogP contribution < -0.4 is 10.6 Å². The van der Waals surface area contributed by atoms with Crippen molar-refractivity contribution in [3.63, 3.8) is 0 Å². The van der Waals surface area contributed by atoms with Crippen molar-refractivity contribution < 1.29 is 19.8 Å². The van der Waals surface area contributed by atoms with Crippen molar-refractivity contribution in [2.75, 3.05) is 14.1 Å². The van der Waals surface area contributed by atoms with E-state index in [-0.39, 0.29) is 0 Å². The molecule has 0 spiro atoms. The first-order chi connectivity index (χ1) is 14.4. The van der Waals surface area contributed by atoms with Gasteiger partial charge in [-0.25, -0.2) is 9.59 Å². The molecule has 0 aliphatic carbocycles. The van der Waals surface area contributed by atoms with Crippen molar-refractivity contribution in [3.8, 4) is 0 Å². The molecule has 0 saturated carbocycles. The Kier molecular flexibility index (Phi) is 8.61. The third-order valence-corrected chi connectivity index (χ3v) is 4.18. The molecule has 4 aromatic rings. The quantitative estimate of drug-likeness (QED) is 0.287. The maximum absolute atomic E-state index is 9.10. The Labute approximate surface area is 173 Å². The third-order valence-electron chi connectivity index (χ3n) is 4.18. The molecule has 0 fully saturated rings. The van der Waals surface area contributed by atoms with E-state index >= 15 is 0 Å². The number of nitrogens with one attached hydrogen (secondary N) is 4. The highest BCUT2D eigenvalue weighted by Crippen LogP contribution is 2.14. The van der Waals surface area contributed by atoms with E-state index in [2.05, 4.69) is 69.1 Å². The Morgan fingerprint density at radius 2 is 1.13 bits per heavy atom. The van der Waals surface area contributed by atoms with Gasteiger partial charge < -0.3 is 30.8 Å². The molecule has 0 aliphatic heterocycles. The molecule has 2 aromatic heterocycles. The number of carboxylic acid groups (broad SMARTS) is 2. The van der Waals surface area contributed by atoms with Crippen molar-refractivity contribution in [1.82, 2.24) is 20.6 Å². The Bertz CT molecular complexity index is 1010. The lowest BCUT2D eigenvalue weighted by Crippen LogP contribution is -2.09. The van der Waals surface area contributed by atoms with Gasteiger partial charge in [0.05, 0.1) is 0 Å². The number of hydrogen-bond donors (Lipinski definition) is 6. The molecule has 8 heteroatoms. The monoisotopic (exact) mass is 410 g/mol. The molecular formula is C22H26N4O4. The van der Waals surface area contributed by atoms with Gasteiger partial charge in [0, 0.05) is 36.5 Å². The SMILES string of the molecule is CNCc1ccc2[nH]ccc2c1.CNCc1ccc2[nH]ccc2c1.O=C(O)C(=O)O. The van der Waals surface area contributed by atoms with E-state index in [9.17, 15) is 0 Å². The van der Waals surface area contributed by atoms with E-state index in [0.29, 0.717) is 0 Å². The molecule has 2 heterocycles. The first-order valence-electron chi connectivity index (χ1n) is 9.32. The van der Waals surface area contributed by atoms with Gasteiger partial charge in [-0.3, -0.25) is 0 Å². The second-order valence-corrected chi connectivity index (χ2v) is 6.47. The van der Waals surface area contributed by atoms with Crippen molar-refractivity contribution >= 4 is 33.7 Å². The number of H-pyrrole nitrogens is 2. The molecule has 0 unspecified atom stereocenters. The molecule has 6 N–H and O–H groups in total. The third kappa shape index (κ3) is 6.77. The van der Waals surface area contributed by atoms with Crippen LogP contribution in [0.5, 0.6) is 0 Å².